The average molecular weight is 768 g/mol. The third-order valence-electron chi connectivity index (χ3n) is 12.0. The Balaban J connectivity index is 1.05. The minimum Gasteiger partial charge on any atom is -0.310 e. The van der Waals surface area contributed by atoms with Crippen molar-refractivity contribution in [1.29, 1.82) is 5.26 Å². The number of nitrogens with zero attached hydrogens (tertiary/aromatic N) is 3. The lowest BCUT2D eigenvalue weighted by molar-refractivity contribution is 1.19. The van der Waals surface area contributed by atoms with Crippen LogP contribution < -0.4 is 4.90 Å². The van der Waals surface area contributed by atoms with Gasteiger partial charge in [0.2, 0.25) is 0 Å². The average Bonchev–Trinajstić information content (AvgIpc) is 3.84. The molecule has 12 aromatic rings. The van der Waals surface area contributed by atoms with E-state index in [4.69, 9.17) is 0 Å². The first kappa shape index (κ1) is 33.4. The molecule has 0 aliphatic carbocycles. The van der Waals surface area contributed by atoms with E-state index in [9.17, 15) is 5.26 Å². The standard InChI is InChI=1S/C55H33N3S/c56-34-35-16-18-36(19-17-35)38-9-7-10-40(30-38)57(41-22-27-45-39(31-41)21-26-46-44-11-2-1-8-37(44)20-25-47(45)46)42-24-29-53-51(32-42)48-12-3-5-14-52(48)58(53)43-23-28-50-49-13-4-6-15-54(49)59-55(50)33-43/h1-33H. The van der Waals surface area contributed by atoms with Crippen molar-refractivity contribution in [2.75, 3.05) is 4.90 Å². The second-order valence-electron chi connectivity index (χ2n) is 15.3. The van der Waals surface area contributed by atoms with Crippen molar-refractivity contribution in [1.82, 2.24) is 4.57 Å². The molecular formula is C55H33N3S. The zero-order valence-corrected chi connectivity index (χ0v) is 32.6. The largest absolute Gasteiger partial charge is 0.310 e. The second kappa shape index (κ2) is 13.2. The fourth-order valence-corrected chi connectivity index (χ4v) is 10.3. The second-order valence-corrected chi connectivity index (χ2v) is 16.3. The van der Waals surface area contributed by atoms with Crippen LogP contribution in [0.25, 0.3) is 91.1 Å². The molecule has 0 aliphatic heterocycles. The highest BCUT2D eigenvalue weighted by Crippen LogP contribution is 2.43. The van der Waals surface area contributed by atoms with E-state index in [1.54, 1.807) is 0 Å². The molecule has 12 rings (SSSR count). The van der Waals surface area contributed by atoms with Crippen LogP contribution in [-0.4, -0.2) is 4.57 Å². The van der Waals surface area contributed by atoms with Crippen molar-refractivity contribution >= 4 is 103 Å². The van der Waals surface area contributed by atoms with Gasteiger partial charge in [-0.05, 0) is 122 Å². The number of nitriles is 1. The summed E-state index contributed by atoms with van der Waals surface area (Å²) in [7, 11) is 0. The van der Waals surface area contributed by atoms with Crippen molar-refractivity contribution in [3.05, 3.63) is 206 Å². The number of rotatable bonds is 5. The van der Waals surface area contributed by atoms with Crippen LogP contribution in [0.1, 0.15) is 5.56 Å². The smallest absolute Gasteiger partial charge is 0.0991 e. The van der Waals surface area contributed by atoms with E-state index < -0.39 is 0 Å². The fourth-order valence-electron chi connectivity index (χ4n) is 9.20. The summed E-state index contributed by atoms with van der Waals surface area (Å²) in [6, 6.07) is 74.6. The molecule has 0 aliphatic rings. The van der Waals surface area contributed by atoms with Gasteiger partial charge in [-0.15, -0.1) is 11.3 Å². The van der Waals surface area contributed by atoms with Gasteiger partial charge in [0.05, 0.1) is 22.7 Å². The van der Waals surface area contributed by atoms with E-state index >= 15 is 0 Å². The molecule has 0 saturated heterocycles. The summed E-state index contributed by atoms with van der Waals surface area (Å²) < 4.78 is 5.01. The molecule has 0 spiro atoms. The summed E-state index contributed by atoms with van der Waals surface area (Å²) in [6.45, 7) is 0. The maximum Gasteiger partial charge on any atom is 0.0991 e. The highest BCUT2D eigenvalue weighted by molar-refractivity contribution is 7.25. The molecule has 0 unspecified atom stereocenters. The summed E-state index contributed by atoms with van der Waals surface area (Å²) >= 11 is 1.85. The van der Waals surface area contributed by atoms with Gasteiger partial charge in [-0.25, -0.2) is 0 Å². The summed E-state index contributed by atoms with van der Waals surface area (Å²) in [5, 5.41) is 22.0. The van der Waals surface area contributed by atoms with E-state index in [2.05, 4.69) is 191 Å². The van der Waals surface area contributed by atoms with Gasteiger partial charge in [-0.1, -0.05) is 121 Å². The molecular weight excluding hydrogens is 735 g/mol. The number of aromatic nitrogens is 1. The first-order valence-corrected chi connectivity index (χ1v) is 20.7. The first-order valence-electron chi connectivity index (χ1n) is 19.9. The molecule has 3 nitrogen and oxygen atoms in total. The number of hydrogen-bond acceptors (Lipinski definition) is 3. The number of hydrogen-bond donors (Lipinski definition) is 0. The number of thiophene rings is 1. The quantitative estimate of drug-likeness (QED) is 0.163. The molecule has 0 bridgehead atoms. The molecule has 274 valence electrons. The Morgan fingerprint density at radius 1 is 0.390 bits per heavy atom. The molecule has 2 heterocycles. The summed E-state index contributed by atoms with van der Waals surface area (Å²) in [5.41, 5.74) is 9.51. The van der Waals surface area contributed by atoms with Gasteiger partial charge in [-0.3, -0.25) is 0 Å². The van der Waals surface area contributed by atoms with Gasteiger partial charge in [-0.2, -0.15) is 5.26 Å². The molecule has 0 fully saturated rings. The Kier molecular flexibility index (Phi) is 7.47. The topological polar surface area (TPSA) is 32.0 Å². The predicted octanol–water partition coefficient (Wildman–Crippen LogP) is 15.6. The monoisotopic (exact) mass is 767 g/mol. The highest BCUT2D eigenvalue weighted by atomic mass is 32.1. The van der Waals surface area contributed by atoms with Crippen LogP contribution >= 0.6 is 11.3 Å². The minimum absolute atomic E-state index is 0.652. The first-order chi connectivity index (χ1) is 29.2. The lowest BCUT2D eigenvalue weighted by Crippen LogP contribution is -2.10. The Morgan fingerprint density at radius 2 is 1.03 bits per heavy atom. The van der Waals surface area contributed by atoms with Crippen LogP contribution in [-0.2, 0) is 0 Å². The number of anilines is 3. The van der Waals surface area contributed by atoms with E-state index in [0.29, 0.717) is 5.56 Å². The Labute approximate surface area is 344 Å². The van der Waals surface area contributed by atoms with Crippen LogP contribution in [0, 0.1) is 11.3 Å². The number of fused-ring (bicyclic) bond motifs is 11. The van der Waals surface area contributed by atoms with Crippen molar-refractivity contribution in [3.8, 4) is 22.9 Å². The maximum absolute atomic E-state index is 9.47. The third-order valence-corrected chi connectivity index (χ3v) is 13.1. The van der Waals surface area contributed by atoms with Crippen molar-refractivity contribution < 1.29 is 0 Å². The van der Waals surface area contributed by atoms with E-state index in [0.717, 1.165) is 33.9 Å². The lowest BCUT2D eigenvalue weighted by atomic mass is 9.96. The SMILES string of the molecule is N#Cc1ccc(-c2cccc(N(c3ccc4c(ccc5c6ccccc6ccc45)c3)c3ccc4c(c3)c3ccccc3n4-c3ccc4c(c3)sc3ccccc34)c2)cc1. The predicted molar refractivity (Wildman–Crippen MR) is 251 cm³/mol. The third kappa shape index (κ3) is 5.33. The van der Waals surface area contributed by atoms with Crippen molar-refractivity contribution in [2.45, 2.75) is 0 Å². The van der Waals surface area contributed by atoms with E-state index in [-0.39, 0.29) is 0 Å². The zero-order valence-electron chi connectivity index (χ0n) is 31.8. The van der Waals surface area contributed by atoms with E-state index in [1.165, 1.54) is 74.3 Å². The van der Waals surface area contributed by atoms with Crippen LogP contribution in [0.15, 0.2) is 200 Å². The fraction of sp³-hybridized carbons (Fsp3) is 0. The zero-order chi connectivity index (χ0) is 39.0. The van der Waals surface area contributed by atoms with Crippen LogP contribution in [0.2, 0.25) is 0 Å². The summed E-state index contributed by atoms with van der Waals surface area (Å²) in [5.74, 6) is 0. The molecule has 4 heteroatoms. The molecule has 10 aromatic carbocycles. The lowest BCUT2D eigenvalue weighted by Gasteiger charge is -2.27. The molecule has 0 amide bonds. The van der Waals surface area contributed by atoms with Gasteiger partial charge >= 0.3 is 0 Å². The van der Waals surface area contributed by atoms with Gasteiger partial charge in [0, 0.05) is 53.7 Å². The van der Waals surface area contributed by atoms with Gasteiger partial charge in [0.25, 0.3) is 0 Å². The highest BCUT2D eigenvalue weighted by Gasteiger charge is 2.19. The van der Waals surface area contributed by atoms with Crippen LogP contribution in [0.4, 0.5) is 17.1 Å². The van der Waals surface area contributed by atoms with Gasteiger partial charge < -0.3 is 9.47 Å². The Bertz CT molecular complexity index is 3700. The van der Waals surface area contributed by atoms with Gasteiger partial charge in [0.15, 0.2) is 0 Å². The molecule has 0 N–H and O–H groups in total. The number of benzene rings is 10. The van der Waals surface area contributed by atoms with Crippen LogP contribution in [0.3, 0.4) is 0 Å². The van der Waals surface area contributed by atoms with Crippen molar-refractivity contribution in [2.24, 2.45) is 0 Å². The van der Waals surface area contributed by atoms with E-state index in [1.807, 2.05) is 35.6 Å². The van der Waals surface area contributed by atoms with Crippen molar-refractivity contribution in [3.63, 3.8) is 0 Å². The normalized spacial score (nSPS) is 11.7. The number of para-hydroxylation sites is 1. The molecule has 0 radical (unpaired) electrons. The summed E-state index contributed by atoms with van der Waals surface area (Å²) in [6.07, 6.45) is 0. The maximum atomic E-state index is 9.47. The Hall–Kier alpha value is -7.71. The van der Waals surface area contributed by atoms with Gasteiger partial charge in [0.1, 0.15) is 0 Å². The molecule has 59 heavy (non-hydrogen) atoms. The minimum atomic E-state index is 0.652. The summed E-state index contributed by atoms with van der Waals surface area (Å²) in [4.78, 5) is 2.38. The van der Waals surface area contributed by atoms with Crippen LogP contribution in [0.5, 0.6) is 0 Å². The molecule has 0 saturated carbocycles. The Morgan fingerprint density at radius 3 is 1.90 bits per heavy atom. The molecule has 0 atom stereocenters. The molecule has 2 aromatic heterocycles.